The van der Waals surface area contributed by atoms with Crippen molar-refractivity contribution in [3.8, 4) is 11.8 Å². The van der Waals surface area contributed by atoms with Gasteiger partial charge in [0, 0.05) is 6.04 Å². The Bertz CT molecular complexity index is 326. The molecule has 62 valence electrons. The normalized spacial score (nSPS) is 12.1. The van der Waals surface area contributed by atoms with Crippen molar-refractivity contribution in [2.45, 2.75) is 13.0 Å². The Morgan fingerprint density at radius 3 is 2.75 bits per heavy atom. The average Bonchev–Trinajstić information content (AvgIpc) is 2.03. The molecule has 1 rings (SSSR count). The van der Waals surface area contributed by atoms with Crippen molar-refractivity contribution in [1.29, 1.82) is 5.26 Å². The third-order valence-corrected chi connectivity index (χ3v) is 1.65. The van der Waals surface area contributed by atoms with E-state index in [1.807, 2.05) is 6.07 Å². The summed E-state index contributed by atoms with van der Waals surface area (Å²) in [5, 5.41) is 17.7. The zero-order valence-electron chi connectivity index (χ0n) is 6.78. The van der Waals surface area contributed by atoms with Crippen LogP contribution in [0.1, 0.15) is 24.1 Å². The summed E-state index contributed by atoms with van der Waals surface area (Å²) in [5.74, 6) is 0.0935. The summed E-state index contributed by atoms with van der Waals surface area (Å²) in [7, 11) is 0. The molecule has 1 aromatic carbocycles. The van der Waals surface area contributed by atoms with Crippen LogP contribution in [0.4, 0.5) is 0 Å². The molecule has 0 aliphatic rings. The highest BCUT2D eigenvalue weighted by molar-refractivity contribution is 5.43. The second kappa shape index (κ2) is 3.24. The van der Waals surface area contributed by atoms with Gasteiger partial charge in [0.25, 0.3) is 0 Å². The van der Waals surface area contributed by atoms with Crippen LogP contribution in [0.15, 0.2) is 18.2 Å². The molecule has 3 nitrogen and oxygen atoms in total. The lowest BCUT2D eigenvalue weighted by atomic mass is 10.0. The van der Waals surface area contributed by atoms with Crippen molar-refractivity contribution >= 4 is 0 Å². The quantitative estimate of drug-likeness (QED) is 0.653. The summed E-state index contributed by atoms with van der Waals surface area (Å²) in [4.78, 5) is 0. The van der Waals surface area contributed by atoms with Gasteiger partial charge in [0.15, 0.2) is 0 Å². The molecule has 1 unspecified atom stereocenters. The maximum atomic E-state index is 9.06. The smallest absolute Gasteiger partial charge is 0.116 e. The average molecular weight is 162 g/mol. The van der Waals surface area contributed by atoms with E-state index in [-0.39, 0.29) is 11.8 Å². The maximum Gasteiger partial charge on any atom is 0.116 e. The van der Waals surface area contributed by atoms with Crippen molar-refractivity contribution in [3.63, 3.8) is 0 Å². The fourth-order valence-electron chi connectivity index (χ4n) is 1.04. The molecule has 3 N–H and O–H groups in total. The van der Waals surface area contributed by atoms with Crippen molar-refractivity contribution in [2.75, 3.05) is 0 Å². The molecule has 3 heteroatoms. The summed E-state index contributed by atoms with van der Waals surface area (Å²) < 4.78 is 0. The fourth-order valence-corrected chi connectivity index (χ4v) is 1.04. The van der Waals surface area contributed by atoms with Crippen LogP contribution in [-0.2, 0) is 0 Å². The highest BCUT2D eigenvalue weighted by Crippen LogP contribution is 2.19. The van der Waals surface area contributed by atoms with Crippen LogP contribution in [-0.4, -0.2) is 5.11 Å². The van der Waals surface area contributed by atoms with Crippen LogP contribution < -0.4 is 5.73 Å². The molecule has 12 heavy (non-hydrogen) atoms. The summed E-state index contributed by atoms with van der Waals surface area (Å²) in [6, 6.07) is 6.41. The van der Waals surface area contributed by atoms with Gasteiger partial charge in [-0.1, -0.05) is 6.07 Å². The Labute approximate surface area is 71.1 Å². The summed E-state index contributed by atoms with van der Waals surface area (Å²) in [6.45, 7) is 1.80. The number of aromatic hydroxyl groups is 1. The Kier molecular flexibility index (Phi) is 2.32. The first kappa shape index (κ1) is 8.57. The minimum atomic E-state index is -0.180. The van der Waals surface area contributed by atoms with Crippen LogP contribution in [0.3, 0.4) is 0 Å². The van der Waals surface area contributed by atoms with Gasteiger partial charge in [0.1, 0.15) is 5.75 Å². The molecule has 0 amide bonds. The number of phenolic OH excluding ortho intramolecular Hbond substituents is 1. The number of nitrogens with two attached hydrogens (primary N) is 1. The lowest BCUT2D eigenvalue weighted by Crippen LogP contribution is -2.06. The number of rotatable bonds is 1. The molecule has 0 aromatic heterocycles. The SMILES string of the molecule is CC(N)c1ccc(O)cc1C#N. The lowest BCUT2D eigenvalue weighted by Gasteiger charge is -2.07. The minimum absolute atomic E-state index is 0.0935. The van der Waals surface area contributed by atoms with Crippen LogP contribution >= 0.6 is 0 Å². The fraction of sp³-hybridized carbons (Fsp3) is 0.222. The van der Waals surface area contributed by atoms with Gasteiger partial charge in [-0.2, -0.15) is 5.26 Å². The lowest BCUT2D eigenvalue weighted by molar-refractivity contribution is 0.474. The van der Waals surface area contributed by atoms with Gasteiger partial charge < -0.3 is 10.8 Å². The monoisotopic (exact) mass is 162 g/mol. The molecule has 0 saturated carbocycles. The summed E-state index contributed by atoms with van der Waals surface area (Å²) in [5.41, 5.74) is 6.80. The number of nitriles is 1. The molecule has 0 fully saturated rings. The van der Waals surface area contributed by atoms with Crippen molar-refractivity contribution in [2.24, 2.45) is 5.73 Å². The predicted molar refractivity (Wildman–Crippen MR) is 45.4 cm³/mol. The summed E-state index contributed by atoms with van der Waals surface area (Å²) >= 11 is 0. The molecule has 1 aromatic rings. The van der Waals surface area contributed by atoms with Gasteiger partial charge in [-0.3, -0.25) is 0 Å². The number of phenols is 1. The highest BCUT2D eigenvalue weighted by Gasteiger charge is 2.06. The van der Waals surface area contributed by atoms with Crippen LogP contribution in [0.2, 0.25) is 0 Å². The van der Waals surface area contributed by atoms with Gasteiger partial charge >= 0.3 is 0 Å². The molecule has 0 aliphatic heterocycles. The molecule has 0 heterocycles. The molecule has 0 saturated heterocycles. The van der Waals surface area contributed by atoms with E-state index >= 15 is 0 Å². The Morgan fingerprint density at radius 2 is 2.25 bits per heavy atom. The molecule has 0 aliphatic carbocycles. The third kappa shape index (κ3) is 1.55. The van der Waals surface area contributed by atoms with Crippen LogP contribution in [0.5, 0.6) is 5.75 Å². The second-order valence-corrected chi connectivity index (χ2v) is 2.67. The Balaban J connectivity index is 3.23. The topological polar surface area (TPSA) is 70.0 Å². The van der Waals surface area contributed by atoms with E-state index in [0.29, 0.717) is 5.56 Å². The number of hydrogen-bond acceptors (Lipinski definition) is 3. The van der Waals surface area contributed by atoms with Gasteiger partial charge in [-0.15, -0.1) is 0 Å². The first-order chi connectivity index (χ1) is 5.65. The van der Waals surface area contributed by atoms with E-state index in [9.17, 15) is 0 Å². The van der Waals surface area contributed by atoms with E-state index in [1.165, 1.54) is 12.1 Å². The van der Waals surface area contributed by atoms with E-state index < -0.39 is 0 Å². The van der Waals surface area contributed by atoms with Crippen molar-refractivity contribution in [3.05, 3.63) is 29.3 Å². The maximum absolute atomic E-state index is 9.06. The van der Waals surface area contributed by atoms with E-state index in [1.54, 1.807) is 13.0 Å². The van der Waals surface area contributed by atoms with E-state index in [4.69, 9.17) is 16.1 Å². The number of hydrogen-bond donors (Lipinski definition) is 2. The summed E-state index contributed by atoms with van der Waals surface area (Å²) in [6.07, 6.45) is 0. The predicted octanol–water partition coefficient (Wildman–Crippen LogP) is 1.28. The van der Waals surface area contributed by atoms with Gasteiger partial charge in [-0.25, -0.2) is 0 Å². The molecule has 0 spiro atoms. The minimum Gasteiger partial charge on any atom is -0.508 e. The molecule has 0 radical (unpaired) electrons. The van der Waals surface area contributed by atoms with Gasteiger partial charge in [-0.05, 0) is 24.6 Å². The Morgan fingerprint density at radius 1 is 1.58 bits per heavy atom. The highest BCUT2D eigenvalue weighted by atomic mass is 16.3. The zero-order valence-corrected chi connectivity index (χ0v) is 6.78. The van der Waals surface area contributed by atoms with Crippen LogP contribution in [0.25, 0.3) is 0 Å². The van der Waals surface area contributed by atoms with Gasteiger partial charge in [0.05, 0.1) is 11.6 Å². The van der Waals surface area contributed by atoms with Crippen molar-refractivity contribution < 1.29 is 5.11 Å². The zero-order chi connectivity index (χ0) is 9.14. The molecule has 1 atom stereocenters. The third-order valence-electron chi connectivity index (χ3n) is 1.65. The van der Waals surface area contributed by atoms with Crippen molar-refractivity contribution in [1.82, 2.24) is 0 Å². The standard InChI is InChI=1S/C9H10N2O/c1-6(11)9-3-2-8(12)4-7(9)5-10/h2-4,6,12H,11H2,1H3. The second-order valence-electron chi connectivity index (χ2n) is 2.67. The molecule has 0 bridgehead atoms. The van der Waals surface area contributed by atoms with Crippen LogP contribution in [0, 0.1) is 11.3 Å². The molecular weight excluding hydrogens is 152 g/mol. The van der Waals surface area contributed by atoms with E-state index in [0.717, 1.165) is 5.56 Å². The first-order valence-electron chi connectivity index (χ1n) is 3.63. The van der Waals surface area contributed by atoms with Gasteiger partial charge in [0.2, 0.25) is 0 Å². The largest absolute Gasteiger partial charge is 0.508 e. The van der Waals surface area contributed by atoms with E-state index in [2.05, 4.69) is 0 Å². The first-order valence-corrected chi connectivity index (χ1v) is 3.63. The number of benzene rings is 1. The Hall–Kier alpha value is -1.53. The number of nitrogens with zero attached hydrogens (tertiary/aromatic N) is 1. The molecular formula is C9H10N2O.